The van der Waals surface area contributed by atoms with E-state index in [-0.39, 0.29) is 4.90 Å². The second-order valence-electron chi connectivity index (χ2n) is 5.13. The van der Waals surface area contributed by atoms with Crippen molar-refractivity contribution < 1.29 is 8.42 Å². The van der Waals surface area contributed by atoms with Crippen molar-refractivity contribution >= 4 is 15.8 Å². The zero-order valence-electron chi connectivity index (χ0n) is 12.9. The second kappa shape index (κ2) is 6.72. The number of nitrogens with one attached hydrogen (secondary N) is 1. The van der Waals surface area contributed by atoms with Crippen LogP contribution in [0.5, 0.6) is 0 Å². The molecule has 0 aliphatic carbocycles. The van der Waals surface area contributed by atoms with Crippen LogP contribution in [0.3, 0.4) is 0 Å². The van der Waals surface area contributed by atoms with Gasteiger partial charge in [0.25, 0.3) is 0 Å². The summed E-state index contributed by atoms with van der Waals surface area (Å²) in [6.07, 6.45) is 2.48. The zero-order chi connectivity index (χ0) is 15.5. The smallest absolute Gasteiger partial charge is 0.246 e. The SMILES string of the molecule is CCN(CC)C1CCN(S(=O)(=O)c2cccnc2NC)C1. The number of likely N-dealkylation sites (N-methyl/N-ethyl adjacent to an activating group) is 1. The van der Waals surface area contributed by atoms with Crippen LogP contribution in [0.15, 0.2) is 23.2 Å². The molecule has 1 atom stereocenters. The molecular formula is C14H24N4O2S. The number of hydrogen-bond acceptors (Lipinski definition) is 5. The summed E-state index contributed by atoms with van der Waals surface area (Å²) in [6, 6.07) is 3.58. The molecule has 1 aromatic rings. The summed E-state index contributed by atoms with van der Waals surface area (Å²) < 4.78 is 27.1. The molecule has 1 fully saturated rings. The average molecular weight is 312 g/mol. The van der Waals surface area contributed by atoms with E-state index in [0.29, 0.717) is 24.9 Å². The van der Waals surface area contributed by atoms with Crippen LogP contribution in [0.2, 0.25) is 0 Å². The van der Waals surface area contributed by atoms with Crippen LogP contribution in [0.4, 0.5) is 5.82 Å². The molecule has 21 heavy (non-hydrogen) atoms. The van der Waals surface area contributed by atoms with Gasteiger partial charge in [0, 0.05) is 32.4 Å². The molecule has 1 saturated heterocycles. The fourth-order valence-corrected chi connectivity index (χ4v) is 4.53. The van der Waals surface area contributed by atoms with E-state index in [2.05, 4.69) is 29.0 Å². The van der Waals surface area contributed by atoms with Gasteiger partial charge in [-0.2, -0.15) is 4.31 Å². The molecule has 1 aliphatic heterocycles. The van der Waals surface area contributed by atoms with E-state index >= 15 is 0 Å². The lowest BCUT2D eigenvalue weighted by Gasteiger charge is -2.26. The van der Waals surface area contributed by atoms with E-state index in [1.165, 1.54) is 0 Å². The van der Waals surface area contributed by atoms with E-state index in [1.807, 2.05) is 0 Å². The molecular weight excluding hydrogens is 288 g/mol. The Labute approximate surface area is 127 Å². The van der Waals surface area contributed by atoms with Crippen LogP contribution in [-0.2, 0) is 10.0 Å². The lowest BCUT2D eigenvalue weighted by atomic mass is 10.2. The average Bonchev–Trinajstić information content (AvgIpc) is 2.99. The molecule has 0 bridgehead atoms. The largest absolute Gasteiger partial charge is 0.372 e. The fraction of sp³-hybridized carbons (Fsp3) is 0.643. The number of hydrogen-bond donors (Lipinski definition) is 1. The van der Waals surface area contributed by atoms with Crippen molar-refractivity contribution in [2.45, 2.75) is 31.2 Å². The van der Waals surface area contributed by atoms with E-state index < -0.39 is 10.0 Å². The highest BCUT2D eigenvalue weighted by Crippen LogP contribution is 2.26. The molecule has 0 spiro atoms. The number of nitrogens with zero attached hydrogens (tertiary/aromatic N) is 3. The van der Waals surface area contributed by atoms with Gasteiger partial charge in [-0.1, -0.05) is 13.8 Å². The maximum atomic E-state index is 12.8. The Hall–Kier alpha value is -1.18. The topological polar surface area (TPSA) is 65.5 Å². The molecule has 0 saturated carbocycles. The van der Waals surface area contributed by atoms with Crippen LogP contribution in [0, 0.1) is 0 Å². The summed E-state index contributed by atoms with van der Waals surface area (Å²) in [5.74, 6) is 0.406. The Balaban J connectivity index is 2.22. The summed E-state index contributed by atoms with van der Waals surface area (Å²) in [7, 11) is -1.80. The van der Waals surface area contributed by atoms with Gasteiger partial charge in [0.05, 0.1) is 0 Å². The van der Waals surface area contributed by atoms with Crippen LogP contribution in [0.25, 0.3) is 0 Å². The molecule has 1 aliphatic rings. The highest BCUT2D eigenvalue weighted by molar-refractivity contribution is 7.89. The third-order valence-corrected chi connectivity index (χ3v) is 5.98. The molecule has 1 N–H and O–H groups in total. The number of aromatic nitrogens is 1. The standard InChI is InChI=1S/C14H24N4O2S/c1-4-17(5-2)12-8-10-18(11-12)21(19,20)13-7-6-9-16-14(13)15-3/h6-7,9,12H,4-5,8,10-11H2,1-3H3,(H,15,16). The van der Waals surface area contributed by atoms with Gasteiger partial charge in [-0.3, -0.25) is 4.90 Å². The van der Waals surface area contributed by atoms with Gasteiger partial charge in [0.15, 0.2) is 0 Å². The third kappa shape index (κ3) is 3.20. The first-order chi connectivity index (χ1) is 10.0. The Morgan fingerprint density at radius 3 is 2.76 bits per heavy atom. The van der Waals surface area contributed by atoms with Crippen molar-refractivity contribution in [1.29, 1.82) is 0 Å². The highest BCUT2D eigenvalue weighted by Gasteiger charge is 2.35. The zero-order valence-corrected chi connectivity index (χ0v) is 13.7. The summed E-state index contributed by atoms with van der Waals surface area (Å²) in [5, 5.41) is 2.85. The van der Waals surface area contributed by atoms with Gasteiger partial charge in [-0.05, 0) is 31.6 Å². The number of rotatable bonds is 6. The van der Waals surface area contributed by atoms with Gasteiger partial charge in [-0.15, -0.1) is 0 Å². The van der Waals surface area contributed by atoms with E-state index in [0.717, 1.165) is 19.5 Å². The molecule has 7 heteroatoms. The number of pyridine rings is 1. The molecule has 0 aromatic carbocycles. The van der Waals surface area contributed by atoms with Gasteiger partial charge in [0.2, 0.25) is 10.0 Å². The van der Waals surface area contributed by atoms with Crippen molar-refractivity contribution in [3.8, 4) is 0 Å². The lowest BCUT2D eigenvalue weighted by Crippen LogP contribution is -2.38. The molecule has 1 unspecified atom stereocenters. The van der Waals surface area contributed by atoms with Gasteiger partial charge in [0.1, 0.15) is 10.7 Å². The van der Waals surface area contributed by atoms with Crippen molar-refractivity contribution in [3.63, 3.8) is 0 Å². The Morgan fingerprint density at radius 1 is 1.43 bits per heavy atom. The summed E-state index contributed by atoms with van der Waals surface area (Å²) in [6.45, 7) is 7.25. The lowest BCUT2D eigenvalue weighted by molar-refractivity contribution is 0.224. The van der Waals surface area contributed by atoms with Crippen LogP contribution in [0.1, 0.15) is 20.3 Å². The third-order valence-electron chi connectivity index (χ3n) is 4.08. The Bertz CT molecular complexity index is 572. The molecule has 2 heterocycles. The monoisotopic (exact) mass is 312 g/mol. The first-order valence-corrected chi connectivity index (χ1v) is 8.85. The summed E-state index contributed by atoms with van der Waals surface area (Å²) in [4.78, 5) is 6.67. The normalized spacial score (nSPS) is 20.1. The molecule has 2 rings (SSSR count). The van der Waals surface area contributed by atoms with Crippen LogP contribution in [-0.4, -0.2) is 61.9 Å². The van der Waals surface area contributed by atoms with Crippen LogP contribution >= 0.6 is 0 Å². The van der Waals surface area contributed by atoms with Crippen molar-refractivity contribution in [1.82, 2.24) is 14.2 Å². The first kappa shape index (κ1) is 16.2. The fourth-order valence-electron chi connectivity index (χ4n) is 2.89. The summed E-state index contributed by atoms with van der Waals surface area (Å²) >= 11 is 0. The second-order valence-corrected chi connectivity index (χ2v) is 7.03. The maximum absolute atomic E-state index is 12.8. The van der Waals surface area contributed by atoms with Crippen molar-refractivity contribution in [2.75, 3.05) is 38.5 Å². The Morgan fingerprint density at radius 2 is 2.14 bits per heavy atom. The van der Waals surface area contributed by atoms with Gasteiger partial charge in [-0.25, -0.2) is 13.4 Å². The van der Waals surface area contributed by atoms with E-state index in [4.69, 9.17) is 0 Å². The first-order valence-electron chi connectivity index (χ1n) is 7.41. The van der Waals surface area contributed by atoms with E-state index in [9.17, 15) is 8.42 Å². The quantitative estimate of drug-likeness (QED) is 0.856. The minimum atomic E-state index is -3.48. The van der Waals surface area contributed by atoms with Gasteiger partial charge >= 0.3 is 0 Å². The minimum Gasteiger partial charge on any atom is -0.372 e. The summed E-state index contributed by atoms with van der Waals surface area (Å²) in [5.41, 5.74) is 0. The molecule has 1 aromatic heterocycles. The molecule has 118 valence electrons. The predicted octanol–water partition coefficient (Wildman–Crippen LogP) is 1.23. The number of anilines is 1. The van der Waals surface area contributed by atoms with Crippen molar-refractivity contribution in [3.05, 3.63) is 18.3 Å². The van der Waals surface area contributed by atoms with E-state index in [1.54, 1.807) is 29.7 Å². The van der Waals surface area contributed by atoms with Crippen molar-refractivity contribution in [2.24, 2.45) is 0 Å². The van der Waals surface area contributed by atoms with Crippen LogP contribution < -0.4 is 5.32 Å². The molecule has 0 radical (unpaired) electrons. The molecule has 6 nitrogen and oxygen atoms in total. The minimum absolute atomic E-state index is 0.257. The number of sulfonamides is 1. The predicted molar refractivity (Wildman–Crippen MR) is 83.9 cm³/mol. The Kier molecular flexibility index (Phi) is 5.18. The highest BCUT2D eigenvalue weighted by atomic mass is 32.2. The van der Waals surface area contributed by atoms with Gasteiger partial charge < -0.3 is 5.32 Å². The molecule has 0 amide bonds. The maximum Gasteiger partial charge on any atom is 0.246 e.